The molecule has 0 spiro atoms. The first-order chi connectivity index (χ1) is 5.65. The van der Waals surface area contributed by atoms with Gasteiger partial charge in [-0.2, -0.15) is 0 Å². The van der Waals surface area contributed by atoms with Gasteiger partial charge in [-0.15, -0.1) is 0 Å². The second-order valence-corrected chi connectivity index (χ2v) is 3.69. The zero-order valence-corrected chi connectivity index (χ0v) is 8.89. The second-order valence-electron chi connectivity index (χ2n) is 2.84. The summed E-state index contributed by atoms with van der Waals surface area (Å²) >= 11 is 3.39. The van der Waals surface area contributed by atoms with Crippen LogP contribution in [-0.4, -0.2) is 4.57 Å². The molecular weight excluding hydrogens is 218 g/mol. The molecule has 12 heavy (non-hydrogen) atoms. The van der Waals surface area contributed by atoms with E-state index in [2.05, 4.69) is 22.9 Å². The Morgan fingerprint density at radius 3 is 2.83 bits per heavy atom. The summed E-state index contributed by atoms with van der Waals surface area (Å²) in [6.45, 7) is 4.76. The minimum atomic E-state index is 0.0811. The summed E-state index contributed by atoms with van der Waals surface area (Å²) in [5.41, 5.74) is 1.07. The van der Waals surface area contributed by atoms with Crippen molar-refractivity contribution in [3.05, 3.63) is 32.7 Å². The Bertz CT molecular complexity index is 330. The molecule has 66 valence electrons. The van der Waals surface area contributed by atoms with E-state index in [0.29, 0.717) is 0 Å². The van der Waals surface area contributed by atoms with Gasteiger partial charge in [-0.25, -0.2) is 0 Å². The highest BCUT2D eigenvalue weighted by molar-refractivity contribution is 9.10. The normalized spacial score (nSPS) is 10.2. The number of halogens is 1. The molecule has 1 heterocycles. The maximum atomic E-state index is 11.3. The van der Waals surface area contributed by atoms with Crippen molar-refractivity contribution in [2.24, 2.45) is 0 Å². The van der Waals surface area contributed by atoms with Gasteiger partial charge in [0.15, 0.2) is 0 Å². The number of pyridine rings is 1. The van der Waals surface area contributed by atoms with Crippen molar-refractivity contribution in [3.8, 4) is 0 Å². The predicted octanol–water partition coefficient (Wildman–Crippen LogP) is 2.33. The zero-order valence-electron chi connectivity index (χ0n) is 7.30. The van der Waals surface area contributed by atoms with E-state index in [1.54, 1.807) is 10.6 Å². The van der Waals surface area contributed by atoms with Gasteiger partial charge in [-0.05, 0) is 34.8 Å². The smallest absolute Gasteiger partial charge is 0.250 e. The van der Waals surface area contributed by atoms with Gasteiger partial charge in [0, 0.05) is 23.3 Å². The van der Waals surface area contributed by atoms with Crippen LogP contribution < -0.4 is 5.56 Å². The predicted molar refractivity (Wildman–Crippen MR) is 53.4 cm³/mol. The average Bonchev–Trinajstić information content (AvgIpc) is 2.01. The molecule has 1 rings (SSSR count). The Hall–Kier alpha value is -0.570. The number of hydrogen-bond donors (Lipinski definition) is 0. The fourth-order valence-electron chi connectivity index (χ4n) is 1.05. The summed E-state index contributed by atoms with van der Waals surface area (Å²) in [4.78, 5) is 11.3. The van der Waals surface area contributed by atoms with Crippen molar-refractivity contribution in [1.29, 1.82) is 0 Å². The molecule has 1 aromatic rings. The maximum Gasteiger partial charge on any atom is 0.250 e. The van der Waals surface area contributed by atoms with E-state index in [4.69, 9.17) is 0 Å². The quantitative estimate of drug-likeness (QED) is 0.764. The van der Waals surface area contributed by atoms with Crippen molar-refractivity contribution >= 4 is 15.9 Å². The van der Waals surface area contributed by atoms with Gasteiger partial charge in [0.1, 0.15) is 0 Å². The lowest BCUT2D eigenvalue weighted by atomic mass is 10.3. The van der Waals surface area contributed by atoms with Crippen LogP contribution in [0.1, 0.15) is 18.9 Å². The molecule has 2 nitrogen and oxygen atoms in total. The van der Waals surface area contributed by atoms with Crippen LogP contribution in [-0.2, 0) is 6.54 Å². The molecule has 0 aliphatic heterocycles. The SMILES string of the molecule is CCCn1cc(Br)c(C)cc1=O. The summed E-state index contributed by atoms with van der Waals surface area (Å²) in [6.07, 6.45) is 2.83. The van der Waals surface area contributed by atoms with Crippen LogP contribution >= 0.6 is 15.9 Å². The summed E-state index contributed by atoms with van der Waals surface area (Å²) in [7, 11) is 0. The minimum absolute atomic E-state index is 0.0811. The van der Waals surface area contributed by atoms with Gasteiger partial charge < -0.3 is 4.57 Å². The standard InChI is InChI=1S/C9H12BrNO/c1-3-4-11-6-8(10)7(2)5-9(11)12/h5-6H,3-4H2,1-2H3. The minimum Gasteiger partial charge on any atom is -0.314 e. The van der Waals surface area contributed by atoms with Crippen LogP contribution in [0.3, 0.4) is 0 Å². The van der Waals surface area contributed by atoms with Gasteiger partial charge in [-0.1, -0.05) is 6.92 Å². The molecule has 0 aliphatic carbocycles. The molecule has 3 heteroatoms. The van der Waals surface area contributed by atoms with Gasteiger partial charge in [-0.3, -0.25) is 4.79 Å². The van der Waals surface area contributed by atoms with Crippen LogP contribution in [0.2, 0.25) is 0 Å². The number of hydrogen-bond acceptors (Lipinski definition) is 1. The Labute approximate surface area is 80.3 Å². The molecule has 0 aliphatic rings. The van der Waals surface area contributed by atoms with E-state index in [-0.39, 0.29) is 5.56 Å². The fraction of sp³-hybridized carbons (Fsp3) is 0.444. The van der Waals surface area contributed by atoms with E-state index in [0.717, 1.165) is 23.0 Å². The number of nitrogens with zero attached hydrogens (tertiary/aromatic N) is 1. The first-order valence-corrected chi connectivity index (χ1v) is 4.81. The lowest BCUT2D eigenvalue weighted by Crippen LogP contribution is -2.18. The fourth-order valence-corrected chi connectivity index (χ4v) is 1.42. The van der Waals surface area contributed by atoms with Crippen molar-refractivity contribution in [2.45, 2.75) is 26.8 Å². The highest BCUT2D eigenvalue weighted by atomic mass is 79.9. The topological polar surface area (TPSA) is 22.0 Å². The molecule has 0 bridgehead atoms. The molecule has 0 fully saturated rings. The monoisotopic (exact) mass is 229 g/mol. The molecule has 0 unspecified atom stereocenters. The first kappa shape index (κ1) is 9.52. The number of aryl methyl sites for hydroxylation is 2. The Morgan fingerprint density at radius 1 is 1.58 bits per heavy atom. The third-order valence-corrected chi connectivity index (χ3v) is 2.56. The summed E-state index contributed by atoms with van der Waals surface area (Å²) in [5.74, 6) is 0. The molecule has 0 N–H and O–H groups in total. The summed E-state index contributed by atoms with van der Waals surface area (Å²) < 4.78 is 2.72. The second kappa shape index (κ2) is 3.90. The van der Waals surface area contributed by atoms with Crippen LogP contribution in [0.25, 0.3) is 0 Å². The van der Waals surface area contributed by atoms with Crippen molar-refractivity contribution in [2.75, 3.05) is 0 Å². The van der Waals surface area contributed by atoms with Gasteiger partial charge in [0.05, 0.1) is 0 Å². The lowest BCUT2D eigenvalue weighted by molar-refractivity contribution is 0.651. The molecule has 0 atom stereocenters. The average molecular weight is 230 g/mol. The number of rotatable bonds is 2. The van der Waals surface area contributed by atoms with Crippen molar-refractivity contribution in [1.82, 2.24) is 4.57 Å². The third kappa shape index (κ3) is 1.97. The highest BCUT2D eigenvalue weighted by Crippen LogP contribution is 2.12. The van der Waals surface area contributed by atoms with Crippen molar-refractivity contribution < 1.29 is 0 Å². The van der Waals surface area contributed by atoms with E-state index in [1.165, 1.54) is 0 Å². The zero-order chi connectivity index (χ0) is 9.14. The molecule has 0 radical (unpaired) electrons. The molecular formula is C9H12BrNO. The summed E-state index contributed by atoms with van der Waals surface area (Å²) in [5, 5.41) is 0. The molecule has 0 saturated carbocycles. The third-order valence-electron chi connectivity index (χ3n) is 1.73. The molecule has 0 aromatic carbocycles. The first-order valence-electron chi connectivity index (χ1n) is 4.01. The van der Waals surface area contributed by atoms with E-state index >= 15 is 0 Å². The molecule has 0 saturated heterocycles. The van der Waals surface area contributed by atoms with E-state index in [1.807, 2.05) is 13.1 Å². The lowest BCUT2D eigenvalue weighted by Gasteiger charge is -2.05. The van der Waals surface area contributed by atoms with Gasteiger partial charge in [0.2, 0.25) is 0 Å². The van der Waals surface area contributed by atoms with Crippen molar-refractivity contribution in [3.63, 3.8) is 0 Å². The van der Waals surface area contributed by atoms with Crippen LogP contribution in [0, 0.1) is 6.92 Å². The largest absolute Gasteiger partial charge is 0.314 e. The van der Waals surface area contributed by atoms with Crippen LogP contribution in [0.15, 0.2) is 21.5 Å². The van der Waals surface area contributed by atoms with Crippen LogP contribution in [0.5, 0.6) is 0 Å². The number of aromatic nitrogens is 1. The van der Waals surface area contributed by atoms with Crippen LogP contribution in [0.4, 0.5) is 0 Å². The highest BCUT2D eigenvalue weighted by Gasteiger charge is 1.98. The molecule has 0 amide bonds. The van der Waals surface area contributed by atoms with E-state index < -0.39 is 0 Å². The Balaban J connectivity index is 3.14. The Kier molecular flexibility index (Phi) is 3.09. The Morgan fingerprint density at radius 2 is 2.25 bits per heavy atom. The summed E-state index contributed by atoms with van der Waals surface area (Å²) in [6, 6.07) is 1.65. The van der Waals surface area contributed by atoms with E-state index in [9.17, 15) is 4.79 Å². The molecule has 1 aromatic heterocycles. The van der Waals surface area contributed by atoms with Gasteiger partial charge >= 0.3 is 0 Å². The van der Waals surface area contributed by atoms with Gasteiger partial charge in [0.25, 0.3) is 5.56 Å². The maximum absolute atomic E-state index is 11.3.